The highest BCUT2D eigenvalue weighted by Gasteiger charge is 2.40. The highest BCUT2D eigenvalue weighted by molar-refractivity contribution is 7.46. The number of urea groups is 1. The molecule has 113 heavy (non-hydrogen) atoms. The number of rotatable bonds is 45. The molecule has 32 nitrogen and oxygen atoms in total. The summed E-state index contributed by atoms with van der Waals surface area (Å²) in [6.45, 7) is 11.7. The zero-order valence-electron chi connectivity index (χ0n) is 63.4. The van der Waals surface area contributed by atoms with Gasteiger partial charge in [0.1, 0.15) is 23.6 Å². The molecule has 5 aromatic rings. The second kappa shape index (κ2) is 43.4. The predicted octanol–water partition coefficient (Wildman–Crippen LogP) is 7.84. The van der Waals surface area contributed by atoms with E-state index in [2.05, 4.69) is 21.3 Å². The van der Waals surface area contributed by atoms with Gasteiger partial charge < -0.3 is 89.0 Å². The number of primary amides is 1. The second-order valence-electron chi connectivity index (χ2n) is 27.0. The van der Waals surface area contributed by atoms with Crippen molar-refractivity contribution in [2.24, 2.45) is 17.6 Å². The van der Waals surface area contributed by atoms with Gasteiger partial charge in [-0.3, -0.25) is 48.2 Å². The maximum atomic E-state index is 14.8. The lowest BCUT2D eigenvalue weighted by atomic mass is 9.95. The molecule has 4 aliphatic rings. The van der Waals surface area contributed by atoms with Crippen molar-refractivity contribution in [1.29, 1.82) is 0 Å². The molecule has 0 saturated heterocycles. The number of allylic oxidation sites excluding steroid dienone is 2. The molecule has 1 aliphatic carbocycles. The van der Waals surface area contributed by atoms with E-state index in [4.69, 9.17) is 71.4 Å². The largest absolute Gasteiger partial charge is 0.524 e. The van der Waals surface area contributed by atoms with Gasteiger partial charge in [0, 0.05) is 123 Å². The summed E-state index contributed by atoms with van der Waals surface area (Å²) in [6.07, 6.45) is 6.98. The zero-order chi connectivity index (χ0) is 81.1. The molecule has 0 saturated carbocycles. The molecule has 612 valence electrons. The first kappa shape index (κ1) is 87.9. The van der Waals surface area contributed by atoms with Crippen LogP contribution in [0.2, 0.25) is 0 Å². The van der Waals surface area contributed by atoms with Crippen LogP contribution in [0.15, 0.2) is 109 Å². The number of hydrogen-bond donors (Lipinski definition) is 7. The lowest BCUT2D eigenvalue weighted by molar-refractivity contribution is -0.137. The summed E-state index contributed by atoms with van der Waals surface area (Å²) in [5.41, 5.74) is 8.03. The number of ether oxygens (including phenoxy) is 8. The Bertz CT molecular complexity index is 4330. The van der Waals surface area contributed by atoms with Crippen LogP contribution in [0.25, 0.3) is 21.5 Å². The lowest BCUT2D eigenvalue weighted by Gasteiger charge is -2.27. The van der Waals surface area contributed by atoms with E-state index in [0.717, 1.165) is 27.4 Å². The van der Waals surface area contributed by atoms with Crippen molar-refractivity contribution in [1.82, 2.24) is 36.0 Å². The Morgan fingerprint density at radius 1 is 0.646 bits per heavy atom. The van der Waals surface area contributed by atoms with Gasteiger partial charge in [-0.25, -0.2) is 18.9 Å². The van der Waals surface area contributed by atoms with E-state index in [0.29, 0.717) is 97.9 Å². The number of fused-ring (bicyclic) bond motifs is 6. The van der Waals surface area contributed by atoms with Crippen molar-refractivity contribution >= 4 is 135 Å². The van der Waals surface area contributed by atoms with Gasteiger partial charge in [0.2, 0.25) is 17.7 Å². The first-order chi connectivity index (χ1) is 54.4. The van der Waals surface area contributed by atoms with E-state index >= 15 is 0 Å². The van der Waals surface area contributed by atoms with Crippen molar-refractivity contribution in [2.75, 3.05) is 160 Å². The monoisotopic (exact) mass is 1650 g/mol. The quantitative estimate of drug-likeness (QED) is 0.00844. The smallest absolute Gasteiger partial charge is 0.449 e. The summed E-state index contributed by atoms with van der Waals surface area (Å²) in [7, 11) is -5.01. The third kappa shape index (κ3) is 24.7. The summed E-state index contributed by atoms with van der Waals surface area (Å²) in [5, 5.41) is 13.2. The van der Waals surface area contributed by atoms with E-state index < -0.39 is 67.7 Å². The summed E-state index contributed by atoms with van der Waals surface area (Å²) >= 11 is 14.1. The van der Waals surface area contributed by atoms with E-state index in [1.807, 2.05) is 18.2 Å². The molecule has 8 N–H and O–H groups in total. The van der Waals surface area contributed by atoms with Crippen LogP contribution in [-0.2, 0) is 61.7 Å². The number of amides is 11. The minimum absolute atomic E-state index is 0.0196. The number of nitrogens with two attached hydrogens (primary N) is 1. The van der Waals surface area contributed by atoms with Gasteiger partial charge in [-0.1, -0.05) is 74.5 Å². The second-order valence-corrected chi connectivity index (χ2v) is 29.8. The number of likely N-dealkylation sites (N-methyl/N-ethyl adjacent to an activating group) is 2. The predicted molar refractivity (Wildman–Crippen MR) is 421 cm³/mol. The fraction of sp³-hybridized carbons (Fsp3) is 0.481. The Morgan fingerprint density at radius 3 is 1.63 bits per heavy atom. The summed E-state index contributed by atoms with van der Waals surface area (Å²) in [5.74, 6) is -4.18. The Balaban J connectivity index is 0.695. The van der Waals surface area contributed by atoms with Crippen LogP contribution < -0.4 is 46.1 Å². The third-order valence-electron chi connectivity index (χ3n) is 18.9. The van der Waals surface area contributed by atoms with Gasteiger partial charge in [-0.05, 0) is 79.1 Å². The Hall–Kier alpha value is -9.09. The van der Waals surface area contributed by atoms with Crippen molar-refractivity contribution in [3.05, 3.63) is 130 Å². The molecule has 36 heteroatoms. The van der Waals surface area contributed by atoms with Crippen LogP contribution in [0.4, 0.5) is 25.8 Å². The average molecular weight is 1650 g/mol. The molecule has 4 aromatic carbocycles. The molecule has 5 atom stereocenters. The van der Waals surface area contributed by atoms with Crippen molar-refractivity contribution in [3.63, 3.8) is 0 Å². The molecule has 3 aliphatic heterocycles. The van der Waals surface area contributed by atoms with E-state index in [1.165, 1.54) is 32.9 Å². The lowest BCUT2D eigenvalue weighted by Crippen LogP contribution is -2.55. The number of carbonyl (C=O) groups is 10. The maximum Gasteiger partial charge on any atom is 0.524 e. The molecule has 2 unspecified atom stereocenters. The molecule has 9 rings (SSSR count). The number of phosphoric ester groups is 1. The molecule has 4 heterocycles. The highest BCUT2D eigenvalue weighted by Crippen LogP contribution is 2.50. The van der Waals surface area contributed by atoms with E-state index in [-0.39, 0.29) is 173 Å². The number of anilines is 2. The number of carbonyl (C=O) groups excluding carboxylic acids is 10. The third-order valence-corrected chi connectivity index (χ3v) is 21.2. The van der Waals surface area contributed by atoms with Gasteiger partial charge in [0.05, 0.1) is 114 Å². The number of benzene rings is 4. The number of imide groups is 1. The average Bonchev–Trinajstić information content (AvgIpc) is 1.61. The standard InChI is InChI=1S/C77H97Cl2N10O22PS/c1-5-85(27-28-86(6-2)77(99)110-61-42-59-68(56-14-9-7-12-54(56)61)51(44-78)46-88(59)73(95)63-21-22-64(113-63)74(96)89-47-52(45-79)69-57-15-10-8-13-55(57)62(43-60(69)89)111-112(100,101)102)76(98)109-48-50-17-19-53(20-18-50)82-71(93)58(16-11-26-81-75(80)97)83-72(94)70(49(3)4)84-65(90)25-30-103-32-34-105-36-38-107-40-41-108-39-37-106-35-33-104-31-29-87-66(91)23-24-67(87)92/h7-10,12-15,17,19-24,42-43,49-52,58,70H,5-6,11,16,18,25-41,44-48H2,1-4H3,(H,82,93)(H,83,94)(H,84,90)(H3,80,81,97)(H2,100,101,102)/t50?,51-,52-,58?,70+/m1/s1. The molecule has 0 spiro atoms. The minimum Gasteiger partial charge on any atom is -0.449 e. The Morgan fingerprint density at radius 2 is 1.14 bits per heavy atom. The van der Waals surface area contributed by atoms with E-state index in [1.54, 1.807) is 99.4 Å². The number of hydrogen-bond acceptors (Lipinski definition) is 21. The number of nitrogens with zero attached hydrogens (tertiary/aromatic N) is 5. The van der Waals surface area contributed by atoms with Crippen LogP contribution in [0.5, 0.6) is 11.5 Å². The van der Waals surface area contributed by atoms with Gasteiger partial charge in [-0.2, -0.15) is 0 Å². The fourth-order valence-electron chi connectivity index (χ4n) is 13.1. The molecule has 11 amide bonds. The van der Waals surface area contributed by atoms with Crippen LogP contribution in [-0.4, -0.2) is 246 Å². The number of thiophene rings is 1. The summed E-state index contributed by atoms with van der Waals surface area (Å²) in [6, 6.07) is 17.5. The molecular weight excluding hydrogens is 1550 g/mol. The fourth-order valence-corrected chi connectivity index (χ4v) is 14.9. The zero-order valence-corrected chi connectivity index (χ0v) is 66.6. The number of halogens is 2. The van der Waals surface area contributed by atoms with E-state index in [9.17, 15) is 62.3 Å². The first-order valence-electron chi connectivity index (χ1n) is 37.3. The van der Waals surface area contributed by atoms with Gasteiger partial charge in [-0.15, -0.1) is 34.5 Å². The Kier molecular flexibility index (Phi) is 33.8. The van der Waals surface area contributed by atoms with Crippen LogP contribution in [0.3, 0.4) is 0 Å². The highest BCUT2D eigenvalue weighted by atomic mass is 35.5. The van der Waals surface area contributed by atoms with Crippen molar-refractivity contribution in [2.45, 2.75) is 77.3 Å². The first-order valence-corrected chi connectivity index (χ1v) is 40.8. The van der Waals surface area contributed by atoms with Crippen molar-refractivity contribution < 1.29 is 105 Å². The molecule has 0 radical (unpaired) electrons. The van der Waals surface area contributed by atoms with Gasteiger partial charge in [0.25, 0.3) is 23.6 Å². The van der Waals surface area contributed by atoms with Crippen LogP contribution >= 0.6 is 42.4 Å². The van der Waals surface area contributed by atoms with Crippen LogP contribution in [0.1, 0.15) is 95.7 Å². The summed E-state index contributed by atoms with van der Waals surface area (Å²) in [4.78, 5) is 160. The molecule has 0 fully saturated rings. The summed E-state index contributed by atoms with van der Waals surface area (Å²) < 4.78 is 62.2. The minimum atomic E-state index is -5.01. The number of nitrogens with one attached hydrogen (secondary N) is 4. The SMILES string of the molecule is CCN(CCN(CC)C(=O)Oc1cc2c(c3ccccc13)[C@H](CCl)CN2C(=O)c1ccc(C(=O)N2C[C@@H](CCl)c3c2cc(OP(=O)(O)O)c2ccccc32)s1)C(=O)OCC1C=CC(NC(=O)C(CCCNC(N)=O)NC(=O)[C@@H](NC(=O)CCOCCOCCOCCOCCOCCOCCN2C(=O)C=CC2=O)C(C)C)=CC1. The molecule has 1 aromatic heterocycles. The molecule has 0 bridgehead atoms. The molecular formula is C77H97Cl2N10O22PS. The number of alkyl halides is 2. The maximum absolute atomic E-state index is 14.8. The topological polar surface area (TPSA) is 402 Å². The normalized spacial score (nSPS) is 16.3. The van der Waals surface area contributed by atoms with Gasteiger partial charge in [0.15, 0.2) is 0 Å². The van der Waals surface area contributed by atoms with Gasteiger partial charge >= 0.3 is 26.0 Å². The van der Waals surface area contributed by atoms with Crippen molar-refractivity contribution in [3.8, 4) is 11.5 Å². The van der Waals surface area contributed by atoms with Crippen LogP contribution in [0, 0.1) is 11.8 Å². The number of phosphoric acid groups is 1. The Labute approximate surface area is 668 Å².